The molecule has 1 rings (SSSR count). The number of pyridine rings is 1. The molecular weight excluding hydrogens is 204 g/mol. The minimum absolute atomic E-state index is 0.120. The molecule has 16 heavy (non-hydrogen) atoms. The number of aromatic nitrogens is 1. The van der Waals surface area contributed by atoms with Gasteiger partial charge in [0, 0.05) is 32.5 Å². The number of hydrogen-bond acceptors (Lipinski definition) is 4. The van der Waals surface area contributed by atoms with Gasteiger partial charge in [-0.25, -0.2) is 0 Å². The predicted molar refractivity (Wildman–Crippen MR) is 63.2 cm³/mol. The van der Waals surface area contributed by atoms with Crippen LogP contribution in [0.25, 0.3) is 0 Å². The van der Waals surface area contributed by atoms with Crippen LogP contribution in [0.3, 0.4) is 0 Å². The van der Waals surface area contributed by atoms with Crippen LogP contribution in [0, 0.1) is 0 Å². The van der Waals surface area contributed by atoms with E-state index in [0.29, 0.717) is 0 Å². The number of likely N-dealkylation sites (N-methyl/N-ethyl adjacent to an activating group) is 1. The maximum atomic E-state index is 5.27. The third kappa shape index (κ3) is 3.89. The molecule has 1 heterocycles. The second kappa shape index (κ2) is 7.33. The molecule has 1 N–H and O–H groups in total. The molecule has 0 aromatic carbocycles. The van der Waals surface area contributed by atoms with E-state index in [-0.39, 0.29) is 12.3 Å². The van der Waals surface area contributed by atoms with Crippen LogP contribution >= 0.6 is 0 Å². The van der Waals surface area contributed by atoms with Gasteiger partial charge in [0.25, 0.3) is 0 Å². The average molecular weight is 224 g/mol. The second-order valence-corrected chi connectivity index (χ2v) is 3.53. The Labute approximate surface area is 97.0 Å². The quantitative estimate of drug-likeness (QED) is 0.707. The van der Waals surface area contributed by atoms with Gasteiger partial charge >= 0.3 is 0 Å². The van der Waals surface area contributed by atoms with E-state index in [9.17, 15) is 0 Å². The summed E-state index contributed by atoms with van der Waals surface area (Å²) < 4.78 is 10.5. The monoisotopic (exact) mass is 224 g/mol. The van der Waals surface area contributed by atoms with Crippen LogP contribution in [0.1, 0.15) is 12.6 Å². The highest BCUT2D eigenvalue weighted by molar-refractivity contribution is 5.05. The minimum Gasteiger partial charge on any atom is -0.354 e. The fraction of sp³-hybridized carbons (Fsp3) is 0.583. The summed E-state index contributed by atoms with van der Waals surface area (Å²) in [6, 6.07) is 6.03. The predicted octanol–water partition coefficient (Wildman–Crippen LogP) is 1.22. The zero-order valence-electron chi connectivity index (χ0n) is 10.1. The molecule has 0 saturated heterocycles. The van der Waals surface area contributed by atoms with Gasteiger partial charge in [0.05, 0.1) is 6.04 Å². The van der Waals surface area contributed by atoms with E-state index in [4.69, 9.17) is 9.47 Å². The Morgan fingerprint density at radius 3 is 2.56 bits per heavy atom. The lowest BCUT2D eigenvalue weighted by molar-refractivity contribution is -0.122. The van der Waals surface area contributed by atoms with E-state index in [0.717, 1.165) is 18.7 Å². The summed E-state index contributed by atoms with van der Waals surface area (Å²) in [4.78, 5) is 4.30. The van der Waals surface area contributed by atoms with Gasteiger partial charge in [0.15, 0.2) is 6.29 Å². The number of rotatable bonds is 7. The molecule has 4 heteroatoms. The summed E-state index contributed by atoms with van der Waals surface area (Å²) in [5.74, 6) is 0. The Hall–Kier alpha value is -0.970. The highest BCUT2D eigenvalue weighted by atomic mass is 16.7. The molecule has 1 aromatic rings. The van der Waals surface area contributed by atoms with Crippen molar-refractivity contribution in [2.45, 2.75) is 25.7 Å². The smallest absolute Gasteiger partial charge is 0.172 e. The molecule has 0 bridgehead atoms. The fourth-order valence-electron chi connectivity index (χ4n) is 1.70. The van der Waals surface area contributed by atoms with Crippen molar-refractivity contribution in [2.75, 3.05) is 20.8 Å². The summed E-state index contributed by atoms with van der Waals surface area (Å²) in [7, 11) is 3.30. The molecule has 0 aliphatic carbocycles. The van der Waals surface area contributed by atoms with Gasteiger partial charge in [-0.05, 0) is 18.7 Å². The Morgan fingerprint density at radius 1 is 1.31 bits per heavy atom. The molecule has 0 radical (unpaired) electrons. The highest BCUT2D eigenvalue weighted by Crippen LogP contribution is 2.06. The second-order valence-electron chi connectivity index (χ2n) is 3.53. The van der Waals surface area contributed by atoms with E-state index in [1.807, 2.05) is 18.2 Å². The van der Waals surface area contributed by atoms with Gasteiger partial charge in [0.1, 0.15) is 0 Å². The van der Waals surface area contributed by atoms with Crippen LogP contribution in [0.5, 0.6) is 0 Å². The van der Waals surface area contributed by atoms with E-state index < -0.39 is 0 Å². The molecule has 0 spiro atoms. The number of ether oxygens (including phenoxy) is 2. The molecule has 0 aliphatic heterocycles. The normalized spacial score (nSPS) is 13.0. The van der Waals surface area contributed by atoms with Crippen molar-refractivity contribution in [3.8, 4) is 0 Å². The average Bonchev–Trinajstić information content (AvgIpc) is 2.32. The van der Waals surface area contributed by atoms with Crippen LogP contribution in [0.15, 0.2) is 24.4 Å². The lowest BCUT2D eigenvalue weighted by Crippen LogP contribution is -2.43. The Balaban J connectivity index is 2.63. The Bertz CT molecular complexity index is 276. The van der Waals surface area contributed by atoms with Crippen LogP contribution in [0.4, 0.5) is 0 Å². The van der Waals surface area contributed by atoms with Crippen molar-refractivity contribution in [3.63, 3.8) is 0 Å². The topological polar surface area (TPSA) is 43.4 Å². The number of hydrogen-bond donors (Lipinski definition) is 1. The van der Waals surface area contributed by atoms with Gasteiger partial charge < -0.3 is 14.8 Å². The molecule has 0 amide bonds. The molecule has 0 fully saturated rings. The van der Waals surface area contributed by atoms with Crippen molar-refractivity contribution in [3.05, 3.63) is 30.1 Å². The first-order valence-corrected chi connectivity index (χ1v) is 5.50. The Morgan fingerprint density at radius 2 is 2.06 bits per heavy atom. The molecule has 90 valence electrons. The van der Waals surface area contributed by atoms with Gasteiger partial charge in [-0.3, -0.25) is 4.98 Å². The van der Waals surface area contributed by atoms with Crippen molar-refractivity contribution < 1.29 is 9.47 Å². The molecular formula is C12H20N2O2. The summed E-state index contributed by atoms with van der Waals surface area (Å²) in [5, 5.41) is 3.34. The largest absolute Gasteiger partial charge is 0.354 e. The number of methoxy groups -OCH3 is 2. The van der Waals surface area contributed by atoms with Crippen LogP contribution < -0.4 is 5.32 Å². The molecule has 1 aromatic heterocycles. The lowest BCUT2D eigenvalue weighted by Gasteiger charge is -2.25. The molecule has 1 atom stereocenters. The van der Waals surface area contributed by atoms with Gasteiger partial charge in [-0.1, -0.05) is 13.0 Å². The molecule has 0 saturated carbocycles. The zero-order valence-corrected chi connectivity index (χ0v) is 10.1. The highest BCUT2D eigenvalue weighted by Gasteiger charge is 2.20. The first-order chi connectivity index (χ1) is 7.81. The van der Waals surface area contributed by atoms with Crippen LogP contribution in [-0.4, -0.2) is 38.1 Å². The maximum absolute atomic E-state index is 5.27. The zero-order chi connectivity index (χ0) is 11.8. The van der Waals surface area contributed by atoms with Gasteiger partial charge in [0.2, 0.25) is 0 Å². The third-order valence-electron chi connectivity index (χ3n) is 2.41. The number of nitrogens with one attached hydrogen (secondary N) is 1. The van der Waals surface area contributed by atoms with Crippen molar-refractivity contribution in [1.29, 1.82) is 0 Å². The van der Waals surface area contributed by atoms with Crippen LogP contribution in [0.2, 0.25) is 0 Å². The van der Waals surface area contributed by atoms with Crippen molar-refractivity contribution >= 4 is 0 Å². The van der Waals surface area contributed by atoms with Crippen LogP contribution in [-0.2, 0) is 15.9 Å². The maximum Gasteiger partial charge on any atom is 0.172 e. The van der Waals surface area contributed by atoms with Crippen molar-refractivity contribution in [1.82, 2.24) is 10.3 Å². The molecule has 0 aliphatic rings. The first-order valence-electron chi connectivity index (χ1n) is 5.50. The minimum atomic E-state index is -0.248. The Kier molecular flexibility index (Phi) is 6.00. The summed E-state index contributed by atoms with van der Waals surface area (Å²) in [6.45, 7) is 2.94. The van der Waals surface area contributed by atoms with E-state index in [1.165, 1.54) is 0 Å². The first kappa shape index (κ1) is 13.1. The van der Waals surface area contributed by atoms with Gasteiger partial charge in [-0.2, -0.15) is 0 Å². The van der Waals surface area contributed by atoms with Gasteiger partial charge in [-0.15, -0.1) is 0 Å². The van der Waals surface area contributed by atoms with E-state index in [1.54, 1.807) is 20.4 Å². The van der Waals surface area contributed by atoms with Crippen molar-refractivity contribution in [2.24, 2.45) is 0 Å². The lowest BCUT2D eigenvalue weighted by atomic mass is 10.1. The summed E-state index contributed by atoms with van der Waals surface area (Å²) in [5.41, 5.74) is 1.03. The van der Waals surface area contributed by atoms with E-state index >= 15 is 0 Å². The number of nitrogens with zero attached hydrogens (tertiary/aromatic N) is 1. The standard InChI is InChI=1S/C12H20N2O2/c1-4-13-11(12(15-2)16-3)9-10-7-5-6-8-14-10/h5-8,11-13H,4,9H2,1-3H3. The SMILES string of the molecule is CCNC(Cc1ccccn1)C(OC)OC. The molecule has 4 nitrogen and oxygen atoms in total. The fourth-order valence-corrected chi connectivity index (χ4v) is 1.70. The summed E-state index contributed by atoms with van der Waals surface area (Å²) in [6.07, 6.45) is 2.34. The summed E-state index contributed by atoms with van der Waals surface area (Å²) >= 11 is 0. The third-order valence-corrected chi connectivity index (χ3v) is 2.41. The van der Waals surface area contributed by atoms with E-state index in [2.05, 4.69) is 17.2 Å². The molecule has 1 unspecified atom stereocenters.